The highest BCUT2D eigenvalue weighted by molar-refractivity contribution is 7.92. The second kappa shape index (κ2) is 9.01. The quantitative estimate of drug-likeness (QED) is 0.563. The molecule has 0 heterocycles. The van der Waals surface area contributed by atoms with Crippen LogP contribution < -0.4 is 10.0 Å². The van der Waals surface area contributed by atoms with E-state index in [9.17, 15) is 18.0 Å². The molecule has 0 saturated heterocycles. The number of esters is 1. The van der Waals surface area contributed by atoms with Gasteiger partial charge < -0.3 is 10.1 Å². The zero-order chi connectivity index (χ0) is 22.6. The maximum atomic E-state index is 12.8. The highest BCUT2D eigenvalue weighted by atomic mass is 32.2. The predicted octanol–water partition coefficient (Wildman–Crippen LogP) is 4.14. The van der Waals surface area contributed by atoms with Gasteiger partial charge in [0.25, 0.3) is 15.9 Å². The molecule has 0 aliphatic rings. The van der Waals surface area contributed by atoms with Gasteiger partial charge in [-0.25, -0.2) is 13.2 Å². The lowest BCUT2D eigenvalue weighted by atomic mass is 10.1. The molecular weight excluding hydrogens is 416 g/mol. The van der Waals surface area contributed by atoms with Gasteiger partial charge in [0.2, 0.25) is 0 Å². The minimum absolute atomic E-state index is 0.124. The molecule has 0 radical (unpaired) electrons. The van der Waals surface area contributed by atoms with Crippen LogP contribution in [0.4, 0.5) is 11.4 Å². The molecule has 1 amide bonds. The topological polar surface area (TPSA) is 102 Å². The third-order valence-corrected chi connectivity index (χ3v) is 6.04. The molecule has 3 aromatic carbocycles. The Hall–Kier alpha value is -3.65. The Balaban J connectivity index is 1.87. The molecule has 0 aliphatic carbocycles. The van der Waals surface area contributed by atoms with E-state index in [0.29, 0.717) is 11.3 Å². The number of aryl methyl sites for hydroxylation is 2. The Morgan fingerprint density at radius 1 is 0.871 bits per heavy atom. The van der Waals surface area contributed by atoms with Crippen LogP contribution in [0.15, 0.2) is 71.6 Å². The van der Waals surface area contributed by atoms with Crippen molar-refractivity contribution in [3.8, 4) is 0 Å². The number of para-hydroxylation sites is 1. The van der Waals surface area contributed by atoms with Crippen molar-refractivity contribution in [3.05, 3.63) is 89.0 Å². The molecule has 0 fully saturated rings. The van der Waals surface area contributed by atoms with Crippen molar-refractivity contribution in [1.82, 2.24) is 0 Å². The lowest BCUT2D eigenvalue weighted by Crippen LogP contribution is -2.17. The molecule has 0 atom stereocenters. The van der Waals surface area contributed by atoms with E-state index < -0.39 is 21.9 Å². The third-order valence-electron chi connectivity index (χ3n) is 4.66. The largest absolute Gasteiger partial charge is 0.465 e. The van der Waals surface area contributed by atoms with Crippen molar-refractivity contribution in [2.24, 2.45) is 0 Å². The number of rotatable bonds is 6. The molecule has 0 unspecified atom stereocenters. The van der Waals surface area contributed by atoms with Crippen molar-refractivity contribution in [2.45, 2.75) is 18.7 Å². The molecule has 160 valence electrons. The van der Waals surface area contributed by atoms with E-state index >= 15 is 0 Å². The number of carbonyl (C=O) groups is 2. The first-order valence-corrected chi connectivity index (χ1v) is 10.9. The molecule has 0 spiro atoms. The van der Waals surface area contributed by atoms with Crippen LogP contribution >= 0.6 is 0 Å². The summed E-state index contributed by atoms with van der Waals surface area (Å²) in [4.78, 5) is 24.8. The standard InChI is InChI=1S/C23H22N2O5S/c1-15-8-12-18(13-9-15)31(28,29)25-21-14-17(11-10-16(21)2)22(26)24-20-7-5-4-6-19(20)23(27)30-3/h4-14,25H,1-3H3,(H,24,26). The Bertz CT molecular complexity index is 1240. The smallest absolute Gasteiger partial charge is 0.339 e. The Morgan fingerprint density at radius 2 is 1.55 bits per heavy atom. The number of nitrogens with one attached hydrogen (secondary N) is 2. The van der Waals surface area contributed by atoms with Gasteiger partial charge in [-0.15, -0.1) is 0 Å². The lowest BCUT2D eigenvalue weighted by molar-refractivity contribution is 0.0602. The number of sulfonamides is 1. The zero-order valence-electron chi connectivity index (χ0n) is 17.3. The van der Waals surface area contributed by atoms with Gasteiger partial charge in [-0.3, -0.25) is 9.52 Å². The van der Waals surface area contributed by atoms with Gasteiger partial charge in [0, 0.05) is 5.56 Å². The summed E-state index contributed by atoms with van der Waals surface area (Å²) in [6, 6.07) is 17.6. The number of methoxy groups -OCH3 is 1. The fourth-order valence-electron chi connectivity index (χ4n) is 2.87. The van der Waals surface area contributed by atoms with E-state index in [2.05, 4.69) is 10.0 Å². The van der Waals surface area contributed by atoms with E-state index in [1.807, 2.05) is 6.92 Å². The zero-order valence-corrected chi connectivity index (χ0v) is 18.1. The van der Waals surface area contributed by atoms with Gasteiger partial charge in [0.15, 0.2) is 0 Å². The van der Waals surface area contributed by atoms with Crippen molar-refractivity contribution in [2.75, 3.05) is 17.1 Å². The number of benzene rings is 3. The summed E-state index contributed by atoms with van der Waals surface area (Å²) in [6.45, 7) is 3.61. The summed E-state index contributed by atoms with van der Waals surface area (Å²) < 4.78 is 32.7. The monoisotopic (exact) mass is 438 g/mol. The summed E-state index contributed by atoms with van der Waals surface area (Å²) >= 11 is 0. The Kier molecular flexibility index (Phi) is 6.41. The molecule has 8 heteroatoms. The molecule has 3 aromatic rings. The van der Waals surface area contributed by atoms with Crippen LogP contribution in [0.1, 0.15) is 31.8 Å². The number of anilines is 2. The number of carbonyl (C=O) groups excluding carboxylic acids is 2. The summed E-state index contributed by atoms with van der Waals surface area (Å²) in [5.74, 6) is -1.07. The van der Waals surface area contributed by atoms with Crippen molar-refractivity contribution in [1.29, 1.82) is 0 Å². The van der Waals surface area contributed by atoms with E-state index in [0.717, 1.165) is 5.56 Å². The van der Waals surface area contributed by atoms with Crippen LogP contribution in [0.25, 0.3) is 0 Å². The third kappa shape index (κ3) is 5.10. The fraction of sp³-hybridized carbons (Fsp3) is 0.130. The highest BCUT2D eigenvalue weighted by Gasteiger charge is 2.18. The lowest BCUT2D eigenvalue weighted by Gasteiger charge is -2.13. The number of amides is 1. The van der Waals surface area contributed by atoms with Crippen LogP contribution in [0.2, 0.25) is 0 Å². The molecule has 3 rings (SSSR count). The van der Waals surface area contributed by atoms with Gasteiger partial charge in [-0.2, -0.15) is 0 Å². The van der Waals surface area contributed by atoms with E-state index in [4.69, 9.17) is 4.74 Å². The second-order valence-electron chi connectivity index (χ2n) is 6.94. The first-order chi connectivity index (χ1) is 14.7. The SMILES string of the molecule is COC(=O)c1ccccc1NC(=O)c1ccc(C)c(NS(=O)(=O)c2ccc(C)cc2)c1. The fourth-order valence-corrected chi connectivity index (χ4v) is 3.99. The van der Waals surface area contributed by atoms with Crippen LogP contribution in [0.3, 0.4) is 0 Å². The second-order valence-corrected chi connectivity index (χ2v) is 8.62. The highest BCUT2D eigenvalue weighted by Crippen LogP contribution is 2.23. The maximum absolute atomic E-state index is 12.8. The summed E-state index contributed by atoms with van der Waals surface area (Å²) in [5, 5.41) is 2.67. The van der Waals surface area contributed by atoms with Crippen LogP contribution in [0, 0.1) is 13.8 Å². The Morgan fingerprint density at radius 3 is 2.23 bits per heavy atom. The minimum atomic E-state index is -3.82. The minimum Gasteiger partial charge on any atom is -0.465 e. The molecular formula is C23H22N2O5S. The van der Waals surface area contributed by atoms with Crippen molar-refractivity contribution < 1.29 is 22.7 Å². The van der Waals surface area contributed by atoms with Gasteiger partial charge in [-0.1, -0.05) is 35.9 Å². The number of hydrogen-bond acceptors (Lipinski definition) is 5. The molecule has 0 saturated carbocycles. The molecule has 31 heavy (non-hydrogen) atoms. The van der Waals surface area contributed by atoms with Crippen molar-refractivity contribution in [3.63, 3.8) is 0 Å². The van der Waals surface area contributed by atoms with Crippen LogP contribution in [-0.4, -0.2) is 27.4 Å². The van der Waals surface area contributed by atoms with Gasteiger partial charge in [0.1, 0.15) is 0 Å². The normalized spacial score (nSPS) is 10.9. The van der Waals surface area contributed by atoms with Crippen LogP contribution in [0.5, 0.6) is 0 Å². The van der Waals surface area contributed by atoms with E-state index in [-0.39, 0.29) is 21.7 Å². The van der Waals surface area contributed by atoms with E-state index in [1.54, 1.807) is 49.4 Å². The van der Waals surface area contributed by atoms with Gasteiger partial charge in [0.05, 0.1) is 28.9 Å². The molecule has 0 bridgehead atoms. The Labute approximate surface area is 181 Å². The predicted molar refractivity (Wildman–Crippen MR) is 119 cm³/mol. The molecule has 0 aromatic heterocycles. The summed E-state index contributed by atoms with van der Waals surface area (Å²) in [6.07, 6.45) is 0. The molecule has 2 N–H and O–H groups in total. The molecule has 0 aliphatic heterocycles. The molecule has 7 nitrogen and oxygen atoms in total. The number of hydrogen-bond donors (Lipinski definition) is 2. The van der Waals surface area contributed by atoms with E-state index in [1.165, 1.54) is 31.4 Å². The summed E-state index contributed by atoms with van der Waals surface area (Å²) in [5.41, 5.74) is 2.62. The summed E-state index contributed by atoms with van der Waals surface area (Å²) in [7, 11) is -2.56. The van der Waals surface area contributed by atoms with Crippen LogP contribution in [-0.2, 0) is 14.8 Å². The average Bonchev–Trinajstić information content (AvgIpc) is 2.75. The maximum Gasteiger partial charge on any atom is 0.339 e. The van der Waals surface area contributed by atoms with Gasteiger partial charge in [-0.05, 0) is 55.8 Å². The van der Waals surface area contributed by atoms with Gasteiger partial charge >= 0.3 is 5.97 Å². The first kappa shape index (κ1) is 22.0. The van der Waals surface area contributed by atoms with Crippen molar-refractivity contribution >= 4 is 33.3 Å². The first-order valence-electron chi connectivity index (χ1n) is 9.40. The number of ether oxygens (including phenoxy) is 1. The average molecular weight is 439 g/mol.